The van der Waals surface area contributed by atoms with Gasteiger partial charge in [-0.15, -0.1) is 5.10 Å². The third-order valence-electron chi connectivity index (χ3n) is 3.65. The molecule has 0 atom stereocenters. The summed E-state index contributed by atoms with van der Waals surface area (Å²) in [4.78, 5) is 13.8. The monoisotopic (exact) mass is 282 g/mol. The molecule has 0 bridgehead atoms. The SMILES string of the molecule is O=c1[nH]nc2ccc(N3CCNCc4ccccc43)nn12. The van der Waals surface area contributed by atoms with Crippen molar-refractivity contribution in [1.29, 1.82) is 0 Å². The summed E-state index contributed by atoms with van der Waals surface area (Å²) >= 11 is 0. The molecular weight excluding hydrogens is 268 g/mol. The van der Waals surface area contributed by atoms with Crippen LogP contribution in [0.3, 0.4) is 0 Å². The van der Waals surface area contributed by atoms with Crippen LogP contribution in [-0.4, -0.2) is 32.9 Å². The van der Waals surface area contributed by atoms with E-state index in [2.05, 4.69) is 37.6 Å². The van der Waals surface area contributed by atoms with Crippen LogP contribution < -0.4 is 15.9 Å². The third-order valence-corrected chi connectivity index (χ3v) is 3.65. The maximum absolute atomic E-state index is 11.7. The van der Waals surface area contributed by atoms with Gasteiger partial charge in [-0.3, -0.25) is 0 Å². The van der Waals surface area contributed by atoms with Gasteiger partial charge in [0.2, 0.25) is 0 Å². The zero-order valence-corrected chi connectivity index (χ0v) is 11.3. The first kappa shape index (κ1) is 12.1. The fraction of sp³-hybridized carbons (Fsp3) is 0.214. The fourth-order valence-corrected chi connectivity index (χ4v) is 2.63. The molecule has 106 valence electrons. The van der Waals surface area contributed by atoms with Gasteiger partial charge in [-0.05, 0) is 23.8 Å². The normalized spacial score (nSPS) is 15.0. The summed E-state index contributed by atoms with van der Waals surface area (Å²) in [6, 6.07) is 11.9. The van der Waals surface area contributed by atoms with Gasteiger partial charge in [0.25, 0.3) is 0 Å². The van der Waals surface area contributed by atoms with Crippen LogP contribution in [-0.2, 0) is 6.54 Å². The quantitative estimate of drug-likeness (QED) is 0.685. The number of nitrogens with one attached hydrogen (secondary N) is 2. The smallest absolute Gasteiger partial charge is 0.323 e. The van der Waals surface area contributed by atoms with E-state index in [-0.39, 0.29) is 5.69 Å². The second-order valence-electron chi connectivity index (χ2n) is 4.95. The highest BCUT2D eigenvalue weighted by Crippen LogP contribution is 2.28. The van der Waals surface area contributed by atoms with Crippen LogP contribution in [0.5, 0.6) is 0 Å². The molecular formula is C14H14N6O. The molecule has 1 aliphatic rings. The zero-order valence-electron chi connectivity index (χ0n) is 11.3. The highest BCUT2D eigenvalue weighted by atomic mass is 16.2. The van der Waals surface area contributed by atoms with Crippen molar-refractivity contribution in [2.24, 2.45) is 0 Å². The van der Waals surface area contributed by atoms with Crippen molar-refractivity contribution in [3.8, 4) is 0 Å². The van der Waals surface area contributed by atoms with E-state index in [0.717, 1.165) is 31.1 Å². The van der Waals surface area contributed by atoms with Crippen LogP contribution >= 0.6 is 0 Å². The minimum absolute atomic E-state index is 0.326. The number of para-hydroxylation sites is 1. The first-order chi connectivity index (χ1) is 10.3. The average molecular weight is 282 g/mol. The van der Waals surface area contributed by atoms with Gasteiger partial charge in [0.05, 0.1) is 0 Å². The molecule has 7 heteroatoms. The molecule has 2 N–H and O–H groups in total. The molecule has 2 aromatic heterocycles. The van der Waals surface area contributed by atoms with Gasteiger partial charge >= 0.3 is 5.69 Å². The second-order valence-corrected chi connectivity index (χ2v) is 4.95. The second kappa shape index (κ2) is 4.71. The van der Waals surface area contributed by atoms with Gasteiger partial charge in [0.1, 0.15) is 0 Å². The van der Waals surface area contributed by atoms with Crippen LogP contribution in [0, 0.1) is 0 Å². The molecule has 0 spiro atoms. The Morgan fingerprint density at radius 3 is 3.00 bits per heavy atom. The third kappa shape index (κ3) is 1.98. The van der Waals surface area contributed by atoms with Crippen molar-refractivity contribution < 1.29 is 0 Å². The predicted molar refractivity (Wildman–Crippen MR) is 78.8 cm³/mol. The molecule has 0 radical (unpaired) electrons. The highest BCUT2D eigenvalue weighted by Gasteiger charge is 2.18. The number of benzene rings is 1. The molecule has 21 heavy (non-hydrogen) atoms. The predicted octanol–water partition coefficient (Wildman–Crippen LogP) is 0.659. The minimum atomic E-state index is -0.326. The summed E-state index contributed by atoms with van der Waals surface area (Å²) in [5.41, 5.74) is 2.53. The van der Waals surface area contributed by atoms with Crippen molar-refractivity contribution >= 4 is 17.2 Å². The largest absolute Gasteiger partial charge is 0.364 e. The van der Waals surface area contributed by atoms with Gasteiger partial charge in [-0.1, -0.05) is 18.2 Å². The van der Waals surface area contributed by atoms with Crippen molar-refractivity contribution in [1.82, 2.24) is 25.1 Å². The van der Waals surface area contributed by atoms with Crippen molar-refractivity contribution in [2.75, 3.05) is 18.0 Å². The Labute approximate surface area is 120 Å². The van der Waals surface area contributed by atoms with E-state index in [1.807, 2.05) is 18.2 Å². The van der Waals surface area contributed by atoms with Crippen LogP contribution in [0.1, 0.15) is 5.56 Å². The molecule has 1 aliphatic heterocycles. The Morgan fingerprint density at radius 2 is 2.05 bits per heavy atom. The first-order valence-corrected chi connectivity index (χ1v) is 6.83. The van der Waals surface area contributed by atoms with Gasteiger partial charge in [-0.25, -0.2) is 9.89 Å². The maximum Gasteiger partial charge on any atom is 0.364 e. The summed E-state index contributed by atoms with van der Waals surface area (Å²) in [6.07, 6.45) is 0. The molecule has 0 saturated carbocycles. The van der Waals surface area contributed by atoms with E-state index in [9.17, 15) is 4.79 Å². The van der Waals surface area contributed by atoms with Gasteiger partial charge in [0, 0.05) is 25.3 Å². The lowest BCUT2D eigenvalue weighted by molar-refractivity contribution is 0.708. The number of hydrogen-bond donors (Lipinski definition) is 2. The maximum atomic E-state index is 11.7. The molecule has 1 aromatic carbocycles. The minimum Gasteiger partial charge on any atom is -0.323 e. The lowest BCUT2D eigenvalue weighted by Crippen LogP contribution is -2.26. The lowest BCUT2D eigenvalue weighted by Gasteiger charge is -2.23. The topological polar surface area (TPSA) is 78.3 Å². The molecule has 0 unspecified atom stereocenters. The Morgan fingerprint density at radius 1 is 1.14 bits per heavy atom. The van der Waals surface area contributed by atoms with Crippen LogP contribution in [0.15, 0.2) is 41.2 Å². The van der Waals surface area contributed by atoms with Crippen molar-refractivity contribution in [3.05, 3.63) is 52.4 Å². The van der Waals surface area contributed by atoms with E-state index >= 15 is 0 Å². The van der Waals surface area contributed by atoms with Crippen LogP contribution in [0.4, 0.5) is 11.5 Å². The summed E-state index contributed by atoms with van der Waals surface area (Å²) in [5, 5.41) is 14.1. The van der Waals surface area contributed by atoms with E-state index in [0.29, 0.717) is 5.65 Å². The summed E-state index contributed by atoms with van der Waals surface area (Å²) in [7, 11) is 0. The number of anilines is 2. The standard InChI is InChI=1S/C14H14N6O/c21-14-17-16-12-5-6-13(18-20(12)14)19-8-7-15-9-10-3-1-2-4-11(10)19/h1-6,15H,7-9H2,(H,17,21). The number of nitrogens with zero attached hydrogens (tertiary/aromatic N) is 4. The fourth-order valence-electron chi connectivity index (χ4n) is 2.63. The van der Waals surface area contributed by atoms with E-state index in [4.69, 9.17) is 0 Å². The number of H-pyrrole nitrogens is 1. The number of fused-ring (bicyclic) bond motifs is 2. The average Bonchev–Trinajstić information content (AvgIpc) is 2.76. The van der Waals surface area contributed by atoms with Crippen molar-refractivity contribution in [3.63, 3.8) is 0 Å². The van der Waals surface area contributed by atoms with Crippen LogP contribution in [0.25, 0.3) is 5.65 Å². The molecule has 0 amide bonds. The van der Waals surface area contributed by atoms with Gasteiger partial charge in [0.15, 0.2) is 11.5 Å². The van der Waals surface area contributed by atoms with E-state index < -0.39 is 0 Å². The highest BCUT2D eigenvalue weighted by molar-refractivity contribution is 5.65. The molecule has 0 fully saturated rings. The molecule has 4 rings (SSSR count). The molecule has 7 nitrogen and oxygen atoms in total. The van der Waals surface area contributed by atoms with Crippen LogP contribution in [0.2, 0.25) is 0 Å². The number of rotatable bonds is 1. The molecule has 3 heterocycles. The molecule has 0 saturated heterocycles. The van der Waals surface area contributed by atoms with Crippen molar-refractivity contribution in [2.45, 2.75) is 6.54 Å². The Bertz CT molecular complexity index is 852. The zero-order chi connectivity index (χ0) is 14.2. The number of aromatic amines is 1. The number of hydrogen-bond acceptors (Lipinski definition) is 5. The number of aromatic nitrogens is 4. The van der Waals surface area contributed by atoms with E-state index in [1.165, 1.54) is 10.1 Å². The molecule has 3 aromatic rings. The summed E-state index contributed by atoms with van der Waals surface area (Å²) < 4.78 is 1.29. The van der Waals surface area contributed by atoms with E-state index in [1.54, 1.807) is 6.07 Å². The lowest BCUT2D eigenvalue weighted by atomic mass is 10.1. The Balaban J connectivity index is 1.87. The Kier molecular flexibility index (Phi) is 2.71. The molecule has 0 aliphatic carbocycles. The Hall–Kier alpha value is -2.67. The van der Waals surface area contributed by atoms with Gasteiger partial charge in [-0.2, -0.15) is 9.61 Å². The first-order valence-electron chi connectivity index (χ1n) is 6.83. The van der Waals surface area contributed by atoms with Gasteiger partial charge < -0.3 is 10.2 Å². The summed E-state index contributed by atoms with van der Waals surface area (Å²) in [6.45, 7) is 2.48. The summed E-state index contributed by atoms with van der Waals surface area (Å²) in [5.74, 6) is 0.738.